The number of benzene rings is 2. The van der Waals surface area contributed by atoms with Gasteiger partial charge in [-0.3, -0.25) is 5.10 Å². The molecule has 3 aromatic rings. The Balaban J connectivity index is 2.22. The molecular weight excluding hydrogens is 272 g/mol. The van der Waals surface area contributed by atoms with Crippen molar-refractivity contribution in [1.29, 1.82) is 0 Å². The van der Waals surface area contributed by atoms with Gasteiger partial charge >= 0.3 is 0 Å². The van der Waals surface area contributed by atoms with Gasteiger partial charge in [-0.25, -0.2) is 0 Å². The van der Waals surface area contributed by atoms with Gasteiger partial charge in [0.25, 0.3) is 0 Å². The van der Waals surface area contributed by atoms with Crippen LogP contribution in [0.2, 0.25) is 0 Å². The van der Waals surface area contributed by atoms with Crippen LogP contribution < -0.4 is 4.74 Å². The second kappa shape index (κ2) is 5.48. The highest BCUT2D eigenvalue weighted by molar-refractivity contribution is 5.94. The van der Waals surface area contributed by atoms with Crippen molar-refractivity contribution in [2.24, 2.45) is 0 Å². The lowest BCUT2D eigenvalue weighted by Crippen LogP contribution is -2.11. The Hall–Kier alpha value is -2.29. The van der Waals surface area contributed by atoms with Crippen molar-refractivity contribution in [3.05, 3.63) is 48.0 Å². The lowest BCUT2D eigenvalue weighted by Gasteiger charge is -2.21. The van der Waals surface area contributed by atoms with E-state index in [9.17, 15) is 0 Å². The number of aromatic amines is 1. The van der Waals surface area contributed by atoms with Crippen LogP contribution in [0.5, 0.6) is 5.75 Å². The van der Waals surface area contributed by atoms with Crippen LogP contribution in [-0.2, 0) is 5.41 Å². The number of nitrogens with zero attached hydrogens (tertiary/aromatic N) is 1. The van der Waals surface area contributed by atoms with Crippen LogP contribution in [0.3, 0.4) is 0 Å². The summed E-state index contributed by atoms with van der Waals surface area (Å²) < 4.78 is 5.82. The topological polar surface area (TPSA) is 37.9 Å². The molecule has 0 aliphatic heterocycles. The molecule has 0 unspecified atom stereocenters. The van der Waals surface area contributed by atoms with Crippen LogP contribution in [0.25, 0.3) is 22.2 Å². The SMILES string of the molecule is CCOc1ccc(C(C)(C)C)cc1-c1n[nH]c2ccccc12. The number of H-pyrrole nitrogens is 1. The van der Waals surface area contributed by atoms with Crippen molar-refractivity contribution in [3.63, 3.8) is 0 Å². The number of rotatable bonds is 3. The maximum absolute atomic E-state index is 5.82. The van der Waals surface area contributed by atoms with Crippen LogP contribution in [0.15, 0.2) is 42.5 Å². The summed E-state index contributed by atoms with van der Waals surface area (Å²) in [6.07, 6.45) is 0. The molecule has 1 aromatic heterocycles. The van der Waals surface area contributed by atoms with Crippen molar-refractivity contribution in [2.45, 2.75) is 33.1 Å². The fourth-order valence-corrected chi connectivity index (χ4v) is 2.63. The molecule has 0 fully saturated rings. The lowest BCUT2D eigenvalue weighted by atomic mass is 9.85. The fraction of sp³-hybridized carbons (Fsp3) is 0.316. The van der Waals surface area contributed by atoms with Crippen LogP contribution in [0.4, 0.5) is 0 Å². The van der Waals surface area contributed by atoms with Crippen molar-refractivity contribution >= 4 is 10.9 Å². The molecular formula is C19H22N2O. The highest BCUT2D eigenvalue weighted by Crippen LogP contribution is 2.36. The van der Waals surface area contributed by atoms with Crippen molar-refractivity contribution in [1.82, 2.24) is 10.2 Å². The first-order valence-electron chi connectivity index (χ1n) is 7.71. The first kappa shape index (κ1) is 14.6. The predicted octanol–water partition coefficient (Wildman–Crippen LogP) is 4.93. The summed E-state index contributed by atoms with van der Waals surface area (Å²) in [6, 6.07) is 14.6. The van der Waals surface area contributed by atoms with Gasteiger partial charge in [-0.1, -0.05) is 45.0 Å². The zero-order chi connectivity index (χ0) is 15.7. The summed E-state index contributed by atoms with van der Waals surface area (Å²) in [7, 11) is 0. The zero-order valence-corrected chi connectivity index (χ0v) is 13.6. The average Bonchev–Trinajstić information content (AvgIpc) is 2.91. The summed E-state index contributed by atoms with van der Waals surface area (Å²) in [4.78, 5) is 0. The minimum absolute atomic E-state index is 0.0889. The molecule has 1 heterocycles. The Kier molecular flexibility index (Phi) is 3.65. The largest absolute Gasteiger partial charge is 0.493 e. The van der Waals surface area contributed by atoms with E-state index in [1.165, 1.54) is 5.56 Å². The van der Waals surface area contributed by atoms with Crippen LogP contribution in [0, 0.1) is 0 Å². The van der Waals surface area contributed by atoms with Gasteiger partial charge in [0.1, 0.15) is 11.4 Å². The number of para-hydroxylation sites is 1. The fourth-order valence-electron chi connectivity index (χ4n) is 2.63. The summed E-state index contributed by atoms with van der Waals surface area (Å²) in [5, 5.41) is 8.76. The minimum Gasteiger partial charge on any atom is -0.493 e. The standard InChI is InChI=1S/C19H22N2O/c1-5-22-17-11-10-13(19(2,3)4)12-15(17)18-14-8-6-7-9-16(14)20-21-18/h6-12H,5H2,1-4H3,(H,20,21). The monoisotopic (exact) mass is 294 g/mol. The number of hydrogen-bond donors (Lipinski definition) is 1. The molecule has 0 radical (unpaired) electrons. The van der Waals surface area contributed by atoms with E-state index in [1.807, 2.05) is 25.1 Å². The predicted molar refractivity (Wildman–Crippen MR) is 91.4 cm³/mol. The molecule has 0 saturated heterocycles. The number of fused-ring (bicyclic) bond motifs is 1. The van der Waals surface area contributed by atoms with Crippen LogP contribution in [0.1, 0.15) is 33.3 Å². The average molecular weight is 294 g/mol. The Morgan fingerprint density at radius 2 is 1.86 bits per heavy atom. The highest BCUT2D eigenvalue weighted by atomic mass is 16.5. The number of nitrogens with one attached hydrogen (secondary N) is 1. The van der Waals surface area contributed by atoms with Crippen molar-refractivity contribution in [2.75, 3.05) is 6.61 Å². The maximum Gasteiger partial charge on any atom is 0.128 e. The molecule has 0 aliphatic carbocycles. The van der Waals surface area contributed by atoms with E-state index in [4.69, 9.17) is 4.74 Å². The van der Waals surface area contributed by atoms with Crippen LogP contribution >= 0.6 is 0 Å². The summed E-state index contributed by atoms with van der Waals surface area (Å²) in [6.45, 7) is 9.30. The van der Waals surface area contributed by atoms with Gasteiger partial charge in [0.2, 0.25) is 0 Å². The van der Waals surface area contributed by atoms with Gasteiger partial charge in [-0.05, 0) is 36.1 Å². The van der Waals surface area contributed by atoms with E-state index in [0.717, 1.165) is 27.9 Å². The Morgan fingerprint density at radius 1 is 1.09 bits per heavy atom. The molecule has 0 spiro atoms. The molecule has 2 aromatic carbocycles. The summed E-state index contributed by atoms with van der Waals surface area (Å²) >= 11 is 0. The summed E-state index contributed by atoms with van der Waals surface area (Å²) in [5.74, 6) is 0.882. The quantitative estimate of drug-likeness (QED) is 0.744. The lowest BCUT2D eigenvalue weighted by molar-refractivity contribution is 0.341. The molecule has 114 valence electrons. The highest BCUT2D eigenvalue weighted by Gasteiger charge is 2.19. The van der Waals surface area contributed by atoms with Gasteiger partial charge in [0.15, 0.2) is 0 Å². The third kappa shape index (κ3) is 2.59. The summed E-state index contributed by atoms with van der Waals surface area (Å²) in [5.41, 5.74) is 4.40. The van der Waals surface area contributed by atoms with E-state index in [-0.39, 0.29) is 5.41 Å². The second-order valence-corrected chi connectivity index (χ2v) is 6.51. The van der Waals surface area contributed by atoms with Gasteiger partial charge in [0, 0.05) is 10.9 Å². The molecule has 0 atom stereocenters. The van der Waals surface area contributed by atoms with E-state index < -0.39 is 0 Å². The number of hydrogen-bond acceptors (Lipinski definition) is 2. The first-order valence-corrected chi connectivity index (χ1v) is 7.71. The van der Waals surface area contributed by atoms with E-state index in [1.54, 1.807) is 0 Å². The molecule has 0 aliphatic rings. The third-order valence-corrected chi connectivity index (χ3v) is 3.87. The molecule has 0 bridgehead atoms. The minimum atomic E-state index is 0.0889. The Labute approximate surface area is 131 Å². The molecule has 1 N–H and O–H groups in total. The number of aromatic nitrogens is 2. The molecule has 3 heteroatoms. The molecule has 0 amide bonds. The van der Waals surface area contributed by atoms with Crippen LogP contribution in [-0.4, -0.2) is 16.8 Å². The van der Waals surface area contributed by atoms with Crippen molar-refractivity contribution < 1.29 is 4.74 Å². The normalized spacial score (nSPS) is 11.8. The first-order chi connectivity index (χ1) is 10.5. The van der Waals surface area contributed by atoms with E-state index in [2.05, 4.69) is 55.2 Å². The third-order valence-electron chi connectivity index (χ3n) is 3.87. The second-order valence-electron chi connectivity index (χ2n) is 6.51. The van der Waals surface area contributed by atoms with E-state index in [0.29, 0.717) is 6.61 Å². The van der Waals surface area contributed by atoms with Gasteiger partial charge in [-0.2, -0.15) is 5.10 Å². The van der Waals surface area contributed by atoms with Gasteiger partial charge in [-0.15, -0.1) is 0 Å². The maximum atomic E-state index is 5.82. The number of ether oxygens (including phenoxy) is 1. The molecule has 3 rings (SSSR count). The smallest absolute Gasteiger partial charge is 0.128 e. The van der Waals surface area contributed by atoms with Crippen molar-refractivity contribution in [3.8, 4) is 17.0 Å². The van der Waals surface area contributed by atoms with Gasteiger partial charge in [0.05, 0.1) is 12.1 Å². The molecule has 22 heavy (non-hydrogen) atoms. The zero-order valence-electron chi connectivity index (χ0n) is 13.6. The Bertz CT molecular complexity index is 797. The molecule has 3 nitrogen and oxygen atoms in total. The molecule has 0 saturated carbocycles. The van der Waals surface area contributed by atoms with Gasteiger partial charge < -0.3 is 4.74 Å². The van der Waals surface area contributed by atoms with E-state index >= 15 is 0 Å². The Morgan fingerprint density at radius 3 is 2.59 bits per heavy atom.